The minimum absolute atomic E-state index is 0.0863. The van der Waals surface area contributed by atoms with Gasteiger partial charge in [0.2, 0.25) is 0 Å². The van der Waals surface area contributed by atoms with Gasteiger partial charge in [0, 0.05) is 0 Å². The van der Waals surface area contributed by atoms with Crippen molar-refractivity contribution in [2.75, 3.05) is 0 Å². The van der Waals surface area contributed by atoms with E-state index in [1.807, 2.05) is 0 Å². The normalized spacial score (nSPS) is 49.1. The summed E-state index contributed by atoms with van der Waals surface area (Å²) in [6, 6.07) is 0. The van der Waals surface area contributed by atoms with Gasteiger partial charge in [0.05, 0.1) is 17.3 Å². The maximum atomic E-state index is 11.0. The molecule has 22 heavy (non-hydrogen) atoms. The van der Waals surface area contributed by atoms with E-state index in [1.54, 1.807) is 0 Å². The average Bonchev–Trinajstić information content (AvgIpc) is 3.06. The first kappa shape index (κ1) is 16.5. The second kappa shape index (κ2) is 5.63. The van der Waals surface area contributed by atoms with E-state index in [4.69, 9.17) is 4.74 Å². The van der Waals surface area contributed by atoms with Crippen LogP contribution in [0.5, 0.6) is 0 Å². The van der Waals surface area contributed by atoms with Gasteiger partial charge in [0.1, 0.15) is 0 Å². The van der Waals surface area contributed by atoms with E-state index >= 15 is 0 Å². The Bertz CT molecular complexity index is 451. The molecule has 0 aromatic carbocycles. The van der Waals surface area contributed by atoms with Crippen LogP contribution in [-0.2, 0) is 4.74 Å². The Balaban J connectivity index is 1.91. The zero-order valence-electron chi connectivity index (χ0n) is 15.1. The summed E-state index contributed by atoms with van der Waals surface area (Å²) in [7, 11) is 0. The number of hydrogen-bond acceptors (Lipinski definition) is 2. The summed E-state index contributed by atoms with van der Waals surface area (Å²) < 4.78 is 6.00. The lowest BCUT2D eigenvalue weighted by molar-refractivity contribution is -0.0802. The topological polar surface area (TPSA) is 32.8 Å². The minimum Gasteiger partial charge on any atom is -0.390 e. The smallest absolute Gasteiger partial charge is 0.0920 e. The van der Waals surface area contributed by atoms with Crippen molar-refractivity contribution in [2.24, 2.45) is 23.7 Å². The molecule has 6 atom stereocenters. The van der Waals surface area contributed by atoms with Gasteiger partial charge in [-0.15, -0.1) is 0 Å². The Morgan fingerprint density at radius 1 is 1.18 bits per heavy atom. The Labute approximate surface area is 136 Å². The number of rotatable bonds is 1. The van der Waals surface area contributed by atoms with Crippen molar-refractivity contribution in [3.63, 3.8) is 0 Å². The van der Waals surface area contributed by atoms with E-state index in [2.05, 4.69) is 40.7 Å². The summed E-state index contributed by atoms with van der Waals surface area (Å²) >= 11 is 0. The van der Waals surface area contributed by atoms with Crippen LogP contribution in [0, 0.1) is 23.7 Å². The molecular weight excluding hydrogens is 272 g/mol. The molecule has 3 aliphatic rings. The van der Waals surface area contributed by atoms with Crippen LogP contribution in [-0.4, -0.2) is 22.4 Å². The van der Waals surface area contributed by atoms with E-state index in [1.165, 1.54) is 12.0 Å². The third-order valence-electron chi connectivity index (χ3n) is 6.86. The van der Waals surface area contributed by atoms with Gasteiger partial charge in [0.25, 0.3) is 0 Å². The summed E-state index contributed by atoms with van der Waals surface area (Å²) in [4.78, 5) is 0. The first-order valence-corrected chi connectivity index (χ1v) is 9.30. The Kier molecular flexibility index (Phi) is 4.23. The maximum Gasteiger partial charge on any atom is 0.0920 e. The van der Waals surface area contributed by atoms with E-state index in [-0.39, 0.29) is 5.60 Å². The molecule has 1 saturated heterocycles. The molecule has 1 aliphatic heterocycles. The van der Waals surface area contributed by atoms with E-state index in [0.29, 0.717) is 29.8 Å². The summed E-state index contributed by atoms with van der Waals surface area (Å²) in [5, 5.41) is 11.0. The Morgan fingerprint density at radius 3 is 2.59 bits per heavy atom. The molecule has 2 aliphatic carbocycles. The highest BCUT2D eigenvalue weighted by atomic mass is 16.6. The second-order valence-electron chi connectivity index (χ2n) is 9.00. The number of ether oxygens (including phenoxy) is 1. The van der Waals surface area contributed by atoms with Crippen LogP contribution in [0.4, 0.5) is 0 Å². The van der Waals surface area contributed by atoms with Crippen LogP contribution in [0.2, 0.25) is 0 Å². The molecule has 0 aromatic rings. The van der Waals surface area contributed by atoms with Crippen molar-refractivity contribution >= 4 is 0 Å². The lowest BCUT2D eigenvalue weighted by Gasteiger charge is -2.48. The molecular formula is C20H34O2. The molecule has 0 radical (unpaired) electrons. The largest absolute Gasteiger partial charge is 0.390 e. The number of epoxide rings is 1. The van der Waals surface area contributed by atoms with Crippen molar-refractivity contribution in [3.05, 3.63) is 11.6 Å². The second-order valence-corrected chi connectivity index (χ2v) is 9.00. The monoisotopic (exact) mass is 306 g/mol. The molecule has 0 amide bonds. The van der Waals surface area contributed by atoms with Gasteiger partial charge in [-0.1, -0.05) is 25.5 Å². The zero-order chi connectivity index (χ0) is 16.1. The van der Waals surface area contributed by atoms with Gasteiger partial charge in [-0.05, 0) is 83.0 Å². The minimum atomic E-state index is -0.521. The fourth-order valence-electron chi connectivity index (χ4n) is 5.16. The van der Waals surface area contributed by atoms with Gasteiger partial charge in [-0.3, -0.25) is 0 Å². The van der Waals surface area contributed by atoms with Crippen molar-refractivity contribution in [1.82, 2.24) is 0 Å². The molecule has 0 spiro atoms. The third-order valence-corrected chi connectivity index (χ3v) is 6.86. The van der Waals surface area contributed by atoms with Crippen molar-refractivity contribution in [2.45, 2.75) is 90.4 Å². The molecule has 2 heteroatoms. The predicted molar refractivity (Wildman–Crippen MR) is 90.7 cm³/mol. The average molecular weight is 306 g/mol. The summed E-state index contributed by atoms with van der Waals surface area (Å²) in [6.07, 6.45) is 9.59. The summed E-state index contributed by atoms with van der Waals surface area (Å²) in [6.45, 7) is 11.3. The molecule has 1 saturated carbocycles. The molecule has 0 bridgehead atoms. The highest BCUT2D eigenvalue weighted by Gasteiger charge is 2.53. The molecule has 0 unspecified atom stereocenters. The Morgan fingerprint density at radius 2 is 1.91 bits per heavy atom. The van der Waals surface area contributed by atoms with Crippen LogP contribution in [0.1, 0.15) is 73.1 Å². The van der Waals surface area contributed by atoms with Gasteiger partial charge in [0.15, 0.2) is 0 Å². The summed E-state index contributed by atoms with van der Waals surface area (Å²) in [5.74, 6) is 2.31. The lowest BCUT2D eigenvalue weighted by Crippen LogP contribution is -2.47. The van der Waals surface area contributed by atoms with Gasteiger partial charge >= 0.3 is 0 Å². The van der Waals surface area contributed by atoms with Gasteiger partial charge in [-0.25, -0.2) is 0 Å². The predicted octanol–water partition coefficient (Wildman–Crippen LogP) is 4.71. The quantitative estimate of drug-likeness (QED) is 0.562. The molecule has 3 rings (SSSR count). The molecule has 1 heterocycles. The highest BCUT2D eigenvalue weighted by molar-refractivity contribution is 5.12. The van der Waals surface area contributed by atoms with Crippen LogP contribution in [0.15, 0.2) is 11.6 Å². The number of aliphatic hydroxyl groups is 1. The fourth-order valence-corrected chi connectivity index (χ4v) is 5.16. The molecule has 2 fully saturated rings. The molecule has 1 N–H and O–H groups in total. The standard InChI is InChI=1S/C20H34O2/c1-13(2)15-8-10-19(4,21)17-9-11-20(5)18(22-20)7-6-14(3)12-16(15)17/h12-13,15-18,21H,6-11H2,1-5H3/t15-,16-,17-,18-,19-,20-/m0/s1. The maximum absolute atomic E-state index is 11.0. The van der Waals surface area contributed by atoms with Crippen molar-refractivity contribution in [3.8, 4) is 0 Å². The zero-order valence-corrected chi connectivity index (χ0v) is 15.1. The number of allylic oxidation sites excluding steroid dienone is 2. The fraction of sp³-hybridized carbons (Fsp3) is 0.900. The SMILES string of the molecule is CC1=C[C@H]2[C@H](C(C)C)CC[C@](C)(O)[C@H]2CC[C@]2(C)O[C@H]2CC1. The molecule has 0 aromatic heterocycles. The lowest BCUT2D eigenvalue weighted by atomic mass is 9.60. The summed E-state index contributed by atoms with van der Waals surface area (Å²) in [5.41, 5.74) is 1.06. The van der Waals surface area contributed by atoms with Gasteiger partial charge < -0.3 is 9.84 Å². The van der Waals surface area contributed by atoms with E-state index in [9.17, 15) is 5.11 Å². The van der Waals surface area contributed by atoms with Crippen LogP contribution >= 0.6 is 0 Å². The number of fused-ring (bicyclic) bond motifs is 2. The molecule has 2 nitrogen and oxygen atoms in total. The first-order valence-electron chi connectivity index (χ1n) is 9.30. The molecule has 126 valence electrons. The van der Waals surface area contributed by atoms with Crippen LogP contribution in [0.3, 0.4) is 0 Å². The highest BCUT2D eigenvalue weighted by Crippen LogP contribution is 2.51. The van der Waals surface area contributed by atoms with Crippen LogP contribution < -0.4 is 0 Å². The van der Waals surface area contributed by atoms with Crippen molar-refractivity contribution < 1.29 is 9.84 Å². The number of hydrogen-bond donors (Lipinski definition) is 1. The third kappa shape index (κ3) is 3.01. The van der Waals surface area contributed by atoms with Crippen LogP contribution in [0.25, 0.3) is 0 Å². The van der Waals surface area contributed by atoms with E-state index < -0.39 is 5.60 Å². The van der Waals surface area contributed by atoms with Gasteiger partial charge in [-0.2, -0.15) is 0 Å². The first-order chi connectivity index (χ1) is 10.2. The van der Waals surface area contributed by atoms with Crippen molar-refractivity contribution in [1.29, 1.82) is 0 Å². The Hall–Kier alpha value is -0.340. The van der Waals surface area contributed by atoms with E-state index in [0.717, 1.165) is 32.1 Å².